The third kappa shape index (κ3) is 2.14. The van der Waals surface area contributed by atoms with Gasteiger partial charge in [0.1, 0.15) is 17.0 Å². The molecule has 0 radical (unpaired) electrons. The number of hydrogen-bond donors (Lipinski definition) is 2. The number of nitrogens with zero attached hydrogens (tertiary/aromatic N) is 3. The van der Waals surface area contributed by atoms with E-state index in [0.29, 0.717) is 22.2 Å². The van der Waals surface area contributed by atoms with Gasteiger partial charge < -0.3 is 10.1 Å². The van der Waals surface area contributed by atoms with Gasteiger partial charge in [0.2, 0.25) is 5.91 Å². The zero-order chi connectivity index (χ0) is 15.3. The van der Waals surface area contributed by atoms with Crippen LogP contribution in [0.2, 0.25) is 0 Å². The largest absolute Gasteiger partial charge is 0.506 e. The number of phenols is 1. The first-order chi connectivity index (χ1) is 10.6. The number of aromatic nitrogens is 3. The maximum atomic E-state index is 11.8. The van der Waals surface area contributed by atoms with Crippen molar-refractivity contribution >= 4 is 33.4 Å². The van der Waals surface area contributed by atoms with Crippen molar-refractivity contribution in [3.8, 4) is 17.3 Å². The number of H-pyrrole nitrogens is 1. The molecule has 1 amide bonds. The van der Waals surface area contributed by atoms with Crippen LogP contribution < -0.4 is 4.90 Å². The highest BCUT2D eigenvalue weighted by molar-refractivity contribution is 7.14. The molecule has 4 rings (SSSR count). The zero-order valence-electron chi connectivity index (χ0n) is 11.9. The van der Waals surface area contributed by atoms with Crippen molar-refractivity contribution in [2.75, 3.05) is 4.90 Å². The molecule has 0 saturated heterocycles. The van der Waals surface area contributed by atoms with Gasteiger partial charge in [0, 0.05) is 18.3 Å². The van der Waals surface area contributed by atoms with Crippen molar-refractivity contribution in [3.05, 3.63) is 23.6 Å². The fourth-order valence-corrected chi connectivity index (χ4v) is 3.43. The summed E-state index contributed by atoms with van der Waals surface area (Å²) in [6.45, 7) is 1.57. The molecule has 1 aliphatic rings. The van der Waals surface area contributed by atoms with Crippen LogP contribution >= 0.6 is 11.3 Å². The lowest BCUT2D eigenvalue weighted by Gasteiger charge is -2.16. The van der Waals surface area contributed by atoms with E-state index in [4.69, 9.17) is 0 Å². The number of hydrogen-bond acceptors (Lipinski definition) is 5. The number of carbonyl (C=O) groups is 1. The average molecular weight is 314 g/mol. The molecule has 1 saturated carbocycles. The number of fused-ring (bicyclic) bond motifs is 1. The summed E-state index contributed by atoms with van der Waals surface area (Å²) < 4.78 is 0. The number of amides is 1. The second-order valence-corrected chi connectivity index (χ2v) is 6.23. The molecule has 2 N–H and O–H groups in total. The standard InChI is InChI=1S/C15H14N4O2S/c1-8(20)19(9-5-6-9)15-17-11(7-22-15)14-16-10-3-2-4-12(21)13(10)18-14/h2-4,7,9,21H,5-6H2,1H3,(H,16,18). The number of rotatable bonds is 3. The highest BCUT2D eigenvalue weighted by Gasteiger charge is 2.33. The SMILES string of the molecule is CC(=O)N(c1nc(-c2nc3c(O)cccc3[nH]2)cs1)C1CC1. The molecule has 6 nitrogen and oxygen atoms in total. The quantitative estimate of drug-likeness (QED) is 0.779. The second kappa shape index (κ2) is 4.81. The van der Waals surface area contributed by atoms with Crippen molar-refractivity contribution in [2.45, 2.75) is 25.8 Å². The summed E-state index contributed by atoms with van der Waals surface area (Å²) in [4.78, 5) is 25.6. The number of carbonyl (C=O) groups excluding carboxylic acids is 1. The Bertz CT molecular complexity index is 865. The third-order valence-corrected chi connectivity index (χ3v) is 4.52. The van der Waals surface area contributed by atoms with Crippen LogP contribution in [-0.4, -0.2) is 32.0 Å². The van der Waals surface area contributed by atoms with E-state index in [2.05, 4.69) is 15.0 Å². The number of phenolic OH excluding ortho intramolecular Hbond substituents is 1. The molecule has 1 aliphatic carbocycles. The van der Waals surface area contributed by atoms with Gasteiger partial charge in [-0.3, -0.25) is 9.69 Å². The van der Waals surface area contributed by atoms with Gasteiger partial charge in [-0.15, -0.1) is 11.3 Å². The third-order valence-electron chi connectivity index (χ3n) is 3.68. The van der Waals surface area contributed by atoms with Crippen molar-refractivity contribution in [3.63, 3.8) is 0 Å². The first kappa shape index (κ1) is 13.3. The summed E-state index contributed by atoms with van der Waals surface area (Å²) in [7, 11) is 0. The van der Waals surface area contributed by atoms with Crippen molar-refractivity contribution < 1.29 is 9.90 Å². The van der Waals surface area contributed by atoms with Crippen LogP contribution in [-0.2, 0) is 4.79 Å². The molecule has 1 fully saturated rings. The molecule has 0 bridgehead atoms. The number of anilines is 1. The normalized spacial score (nSPS) is 14.4. The van der Waals surface area contributed by atoms with Crippen LogP contribution in [0.25, 0.3) is 22.6 Å². The summed E-state index contributed by atoms with van der Waals surface area (Å²) in [6, 6.07) is 5.50. The molecule has 3 aromatic rings. The molecule has 0 atom stereocenters. The Morgan fingerprint density at radius 1 is 1.41 bits per heavy atom. The number of aromatic amines is 1. The van der Waals surface area contributed by atoms with E-state index in [0.717, 1.165) is 18.4 Å². The maximum Gasteiger partial charge on any atom is 0.225 e. The Hall–Kier alpha value is -2.41. The van der Waals surface area contributed by atoms with Crippen LogP contribution in [0, 0.1) is 0 Å². The summed E-state index contributed by atoms with van der Waals surface area (Å²) in [5.74, 6) is 0.753. The Morgan fingerprint density at radius 3 is 2.91 bits per heavy atom. The van der Waals surface area contributed by atoms with Gasteiger partial charge in [0.05, 0.1) is 5.52 Å². The summed E-state index contributed by atoms with van der Waals surface area (Å²) in [6.07, 6.45) is 2.07. The lowest BCUT2D eigenvalue weighted by Crippen LogP contribution is -2.30. The molecule has 0 unspecified atom stereocenters. The topological polar surface area (TPSA) is 82.1 Å². The number of imidazole rings is 1. The molecule has 2 aromatic heterocycles. The molecular formula is C15H14N4O2S. The number of aromatic hydroxyl groups is 1. The Kier molecular flexibility index (Phi) is 2.90. The fraction of sp³-hybridized carbons (Fsp3) is 0.267. The predicted octanol–water partition coefficient (Wildman–Crippen LogP) is 2.91. The van der Waals surface area contributed by atoms with Gasteiger partial charge in [-0.05, 0) is 25.0 Å². The van der Waals surface area contributed by atoms with Crippen molar-refractivity contribution in [1.82, 2.24) is 15.0 Å². The Labute approximate surface area is 130 Å². The first-order valence-corrected chi connectivity index (χ1v) is 7.95. The van der Waals surface area contributed by atoms with E-state index in [1.165, 1.54) is 11.3 Å². The molecule has 0 spiro atoms. The average Bonchev–Trinajstić information content (AvgIpc) is 3.01. The monoisotopic (exact) mass is 314 g/mol. The van der Waals surface area contributed by atoms with Crippen LogP contribution in [0.15, 0.2) is 23.6 Å². The van der Waals surface area contributed by atoms with Crippen molar-refractivity contribution in [2.24, 2.45) is 0 Å². The number of nitrogens with one attached hydrogen (secondary N) is 1. The molecule has 22 heavy (non-hydrogen) atoms. The molecule has 0 aliphatic heterocycles. The summed E-state index contributed by atoms with van der Waals surface area (Å²) in [5.41, 5.74) is 1.97. The predicted molar refractivity (Wildman–Crippen MR) is 85.0 cm³/mol. The van der Waals surface area contributed by atoms with E-state index in [-0.39, 0.29) is 17.7 Å². The number of para-hydroxylation sites is 1. The van der Waals surface area contributed by atoms with E-state index in [9.17, 15) is 9.90 Å². The van der Waals surface area contributed by atoms with Gasteiger partial charge in [-0.2, -0.15) is 0 Å². The molecular weight excluding hydrogens is 300 g/mol. The molecule has 1 aromatic carbocycles. The zero-order valence-corrected chi connectivity index (χ0v) is 12.7. The highest BCUT2D eigenvalue weighted by atomic mass is 32.1. The molecule has 7 heteroatoms. The van der Waals surface area contributed by atoms with Crippen molar-refractivity contribution in [1.29, 1.82) is 0 Å². The van der Waals surface area contributed by atoms with Gasteiger partial charge in [0.25, 0.3) is 0 Å². The molecule has 2 heterocycles. The smallest absolute Gasteiger partial charge is 0.225 e. The van der Waals surface area contributed by atoms with E-state index in [1.54, 1.807) is 24.0 Å². The maximum absolute atomic E-state index is 11.8. The van der Waals surface area contributed by atoms with Crippen LogP contribution in [0.3, 0.4) is 0 Å². The van der Waals surface area contributed by atoms with E-state index in [1.807, 2.05) is 11.4 Å². The van der Waals surface area contributed by atoms with Crippen LogP contribution in [0.4, 0.5) is 5.13 Å². The molecule has 112 valence electrons. The van der Waals surface area contributed by atoms with Gasteiger partial charge >= 0.3 is 0 Å². The van der Waals surface area contributed by atoms with Gasteiger partial charge in [-0.25, -0.2) is 9.97 Å². The minimum atomic E-state index is 0.0191. The lowest BCUT2D eigenvalue weighted by atomic mass is 10.3. The lowest BCUT2D eigenvalue weighted by molar-refractivity contribution is -0.116. The Morgan fingerprint density at radius 2 is 2.23 bits per heavy atom. The van der Waals surface area contributed by atoms with Crippen LogP contribution in [0.5, 0.6) is 5.75 Å². The van der Waals surface area contributed by atoms with E-state index >= 15 is 0 Å². The summed E-state index contributed by atoms with van der Waals surface area (Å²) >= 11 is 1.43. The minimum Gasteiger partial charge on any atom is -0.506 e. The number of benzene rings is 1. The van der Waals surface area contributed by atoms with Crippen LogP contribution in [0.1, 0.15) is 19.8 Å². The minimum absolute atomic E-state index is 0.0191. The Balaban J connectivity index is 1.73. The second-order valence-electron chi connectivity index (χ2n) is 5.39. The van der Waals surface area contributed by atoms with Gasteiger partial charge in [0.15, 0.2) is 11.0 Å². The van der Waals surface area contributed by atoms with Gasteiger partial charge in [-0.1, -0.05) is 6.07 Å². The highest BCUT2D eigenvalue weighted by Crippen LogP contribution is 2.35. The fourth-order valence-electron chi connectivity index (χ4n) is 2.50. The van der Waals surface area contributed by atoms with E-state index < -0.39 is 0 Å². The summed E-state index contributed by atoms with van der Waals surface area (Å²) in [5, 5.41) is 12.4. The number of thiazole rings is 1. The first-order valence-electron chi connectivity index (χ1n) is 7.07.